The second kappa shape index (κ2) is 10.8. The van der Waals surface area contributed by atoms with Crippen LogP contribution in [0.15, 0.2) is 88.6 Å². The maximum absolute atomic E-state index is 14.2. The lowest BCUT2D eigenvalue weighted by atomic mass is 9.85. The third-order valence-electron chi connectivity index (χ3n) is 6.89. The molecular weight excluding hydrogens is 544 g/mol. The van der Waals surface area contributed by atoms with Gasteiger partial charge in [-0.2, -0.15) is 0 Å². The summed E-state index contributed by atoms with van der Waals surface area (Å²) in [6.07, 6.45) is 1.69. The fourth-order valence-corrected chi connectivity index (χ4v) is 7.94. The van der Waals surface area contributed by atoms with Crippen molar-refractivity contribution < 1.29 is 17.9 Å². The Bertz CT molecular complexity index is 1890. The van der Waals surface area contributed by atoms with E-state index in [9.17, 15) is 18.0 Å². The van der Waals surface area contributed by atoms with Crippen molar-refractivity contribution in [2.75, 3.05) is 6.61 Å². The molecule has 1 aliphatic heterocycles. The number of aryl methyl sites for hydroxylation is 2. The molecule has 9 heteroatoms. The Labute approximate surface area is 236 Å². The molecule has 0 bridgehead atoms. The van der Waals surface area contributed by atoms with E-state index in [1.54, 1.807) is 43.3 Å². The molecule has 0 radical (unpaired) electrons. The van der Waals surface area contributed by atoms with Gasteiger partial charge in [-0.3, -0.25) is 14.8 Å². The molecule has 1 aliphatic rings. The fourth-order valence-electron chi connectivity index (χ4n) is 4.89. The van der Waals surface area contributed by atoms with Crippen LogP contribution < -0.4 is 14.8 Å². The number of ether oxygens (including phenoxy) is 1. The summed E-state index contributed by atoms with van der Waals surface area (Å²) in [6, 6.07) is 22.6. The number of nitrogens with one attached hydrogen (secondary N) is 1. The Morgan fingerprint density at radius 1 is 0.975 bits per heavy atom. The fraction of sp³-hybridized carbons (Fsp3) is 0.194. The highest BCUT2D eigenvalue weighted by molar-refractivity contribution is 7.93. The zero-order chi connectivity index (χ0) is 28.6. The molecule has 0 amide bonds. The summed E-state index contributed by atoms with van der Waals surface area (Å²) >= 11 is 1.06. The summed E-state index contributed by atoms with van der Waals surface area (Å²) in [6.45, 7) is 5.60. The standard InChI is InChI=1S/C31H28N2O5S2/c1-4-38-31(35)26-25(22-16-12-20(3)13-17-22)27(40(36,37)23-8-6-5-7-9-23)28(32)33-29(34)24(39-30(26)33)18-21-14-10-19(2)11-15-21/h5-18,25,27,32H,4H2,1-3H3/b24-18-,32-28?. The van der Waals surface area contributed by atoms with Crippen molar-refractivity contribution in [1.29, 1.82) is 5.41 Å². The zero-order valence-electron chi connectivity index (χ0n) is 22.2. The van der Waals surface area contributed by atoms with Gasteiger partial charge in [0.05, 0.1) is 21.6 Å². The minimum Gasteiger partial charge on any atom is -0.463 e. The first-order chi connectivity index (χ1) is 19.1. The van der Waals surface area contributed by atoms with Gasteiger partial charge in [0.1, 0.15) is 15.7 Å². The van der Waals surface area contributed by atoms with Gasteiger partial charge in [-0.05, 0) is 50.1 Å². The second-order valence-corrected chi connectivity index (χ2v) is 12.8. The molecular formula is C31H28N2O5S2. The molecule has 1 aromatic heterocycles. The highest BCUT2D eigenvalue weighted by Gasteiger charge is 2.48. The van der Waals surface area contributed by atoms with Crippen LogP contribution >= 0.6 is 11.3 Å². The smallest absolute Gasteiger partial charge is 0.337 e. The maximum atomic E-state index is 14.2. The van der Waals surface area contributed by atoms with Crippen molar-refractivity contribution in [3.8, 4) is 0 Å². The summed E-state index contributed by atoms with van der Waals surface area (Å²) < 4.78 is 35.4. The van der Waals surface area contributed by atoms with Crippen LogP contribution in [0.2, 0.25) is 0 Å². The van der Waals surface area contributed by atoms with Crippen LogP contribution in [0, 0.1) is 19.3 Å². The van der Waals surface area contributed by atoms with Gasteiger partial charge in [0, 0.05) is 5.92 Å². The average Bonchev–Trinajstić information content (AvgIpc) is 3.26. The first kappa shape index (κ1) is 27.5. The van der Waals surface area contributed by atoms with Crippen molar-refractivity contribution >= 4 is 44.6 Å². The first-order valence-electron chi connectivity index (χ1n) is 12.8. The zero-order valence-corrected chi connectivity index (χ0v) is 23.9. The topological polar surface area (TPSA) is 106 Å². The summed E-state index contributed by atoms with van der Waals surface area (Å²) in [4.78, 5) is 27.4. The molecule has 7 nitrogen and oxygen atoms in total. The number of sulfone groups is 1. The molecule has 0 fully saturated rings. The Morgan fingerprint density at radius 3 is 2.17 bits per heavy atom. The van der Waals surface area contributed by atoms with E-state index in [2.05, 4.69) is 0 Å². The van der Waals surface area contributed by atoms with Crippen molar-refractivity contribution in [2.45, 2.75) is 36.8 Å². The molecule has 2 unspecified atom stereocenters. The molecule has 5 rings (SSSR count). The Kier molecular flexibility index (Phi) is 7.44. The van der Waals surface area contributed by atoms with Crippen molar-refractivity contribution in [2.24, 2.45) is 0 Å². The van der Waals surface area contributed by atoms with Crippen LogP contribution in [0.5, 0.6) is 0 Å². The van der Waals surface area contributed by atoms with E-state index in [0.717, 1.165) is 32.6 Å². The minimum absolute atomic E-state index is 0.00300. The van der Waals surface area contributed by atoms with E-state index in [1.807, 2.05) is 50.2 Å². The number of carbonyl (C=O) groups is 1. The first-order valence-corrected chi connectivity index (χ1v) is 15.2. The van der Waals surface area contributed by atoms with E-state index in [1.165, 1.54) is 12.1 Å². The number of nitrogens with zero attached hydrogens (tertiary/aromatic N) is 1. The molecule has 1 N–H and O–H groups in total. The lowest BCUT2D eigenvalue weighted by molar-refractivity contribution is -0.136. The van der Waals surface area contributed by atoms with Gasteiger partial charge in [-0.1, -0.05) is 77.9 Å². The average molecular weight is 573 g/mol. The molecule has 204 valence electrons. The lowest BCUT2D eigenvalue weighted by Crippen LogP contribution is -2.53. The Balaban J connectivity index is 1.88. The van der Waals surface area contributed by atoms with E-state index in [4.69, 9.17) is 10.1 Å². The maximum Gasteiger partial charge on any atom is 0.337 e. The van der Waals surface area contributed by atoms with Crippen molar-refractivity contribution in [3.05, 3.63) is 121 Å². The van der Waals surface area contributed by atoms with Gasteiger partial charge in [-0.15, -0.1) is 11.3 Å². The minimum atomic E-state index is -4.23. The molecule has 4 aromatic rings. The van der Waals surface area contributed by atoms with E-state index >= 15 is 0 Å². The van der Waals surface area contributed by atoms with Gasteiger partial charge in [0.15, 0.2) is 9.84 Å². The molecule has 0 saturated heterocycles. The number of aromatic nitrogens is 1. The molecule has 0 spiro atoms. The van der Waals surface area contributed by atoms with E-state index in [0.29, 0.717) is 5.56 Å². The molecule has 0 aliphatic carbocycles. The summed E-state index contributed by atoms with van der Waals surface area (Å²) in [5.41, 5.74) is 2.83. The highest BCUT2D eigenvalue weighted by Crippen LogP contribution is 2.38. The number of thiazole rings is 1. The molecule has 3 aromatic carbocycles. The van der Waals surface area contributed by atoms with Crippen molar-refractivity contribution in [3.63, 3.8) is 0 Å². The molecule has 2 heterocycles. The van der Waals surface area contributed by atoms with Gasteiger partial charge < -0.3 is 4.74 Å². The largest absolute Gasteiger partial charge is 0.463 e. The van der Waals surface area contributed by atoms with Gasteiger partial charge in [-0.25, -0.2) is 13.2 Å². The third kappa shape index (κ3) is 4.87. The normalized spacial score (nSPS) is 17.5. The van der Waals surface area contributed by atoms with E-state index < -0.39 is 38.4 Å². The number of rotatable bonds is 6. The Hall–Kier alpha value is -4.08. The molecule has 40 heavy (non-hydrogen) atoms. The number of benzene rings is 3. The highest BCUT2D eigenvalue weighted by atomic mass is 32.2. The summed E-state index contributed by atoms with van der Waals surface area (Å²) in [5, 5.41) is 7.62. The summed E-state index contributed by atoms with van der Waals surface area (Å²) in [7, 11) is -4.23. The van der Waals surface area contributed by atoms with Gasteiger partial charge in [0.2, 0.25) is 0 Å². The van der Waals surface area contributed by atoms with Gasteiger partial charge >= 0.3 is 5.97 Å². The van der Waals surface area contributed by atoms with Crippen LogP contribution in [0.3, 0.4) is 0 Å². The van der Waals surface area contributed by atoms with Crippen LogP contribution in [0.4, 0.5) is 0 Å². The van der Waals surface area contributed by atoms with Crippen LogP contribution in [-0.4, -0.2) is 36.6 Å². The van der Waals surface area contributed by atoms with Crippen LogP contribution in [-0.2, 0) is 19.4 Å². The predicted molar refractivity (Wildman–Crippen MR) is 157 cm³/mol. The quantitative estimate of drug-likeness (QED) is 0.356. The van der Waals surface area contributed by atoms with Crippen LogP contribution in [0.1, 0.15) is 35.1 Å². The number of hydrogen-bond donors (Lipinski definition) is 1. The predicted octanol–water partition coefficient (Wildman–Crippen LogP) is 3.53. The number of esters is 1. The SMILES string of the molecule is CCOC(=O)C1=c2s/c(=C\c3ccc(C)cc3)c(=O)n2C(=N)C(S(=O)(=O)c2ccccc2)C1c1ccc(C)cc1. The van der Waals surface area contributed by atoms with Crippen LogP contribution in [0.25, 0.3) is 11.6 Å². The summed E-state index contributed by atoms with van der Waals surface area (Å²) in [5.74, 6) is -2.18. The molecule has 2 atom stereocenters. The number of fused-ring (bicyclic) bond motifs is 1. The Morgan fingerprint density at radius 2 is 1.57 bits per heavy atom. The third-order valence-corrected chi connectivity index (χ3v) is 10.1. The van der Waals surface area contributed by atoms with Crippen molar-refractivity contribution in [1.82, 2.24) is 4.57 Å². The lowest BCUT2D eigenvalue weighted by Gasteiger charge is -2.32. The van der Waals surface area contributed by atoms with Gasteiger partial charge in [0.25, 0.3) is 5.56 Å². The van der Waals surface area contributed by atoms with E-state index in [-0.39, 0.29) is 26.3 Å². The monoisotopic (exact) mass is 572 g/mol. The second-order valence-electron chi connectivity index (χ2n) is 9.65. The molecule has 0 saturated carbocycles. The number of hydrogen-bond acceptors (Lipinski definition) is 7. The number of carbonyl (C=O) groups excluding carboxylic acids is 1.